The first-order chi connectivity index (χ1) is 5.85. The Morgan fingerprint density at radius 3 is 2.67 bits per heavy atom. The van der Waals surface area contributed by atoms with E-state index in [0.29, 0.717) is 6.04 Å². The van der Waals surface area contributed by atoms with Gasteiger partial charge >= 0.3 is 0 Å². The van der Waals surface area contributed by atoms with Crippen LogP contribution < -0.4 is 5.32 Å². The maximum atomic E-state index is 3.90. The molecule has 0 aromatic heterocycles. The maximum Gasteiger partial charge on any atom is 0.0275 e. The highest BCUT2D eigenvalue weighted by Gasteiger charge is 2.41. The summed E-state index contributed by atoms with van der Waals surface area (Å²) in [6.07, 6.45) is 8.00. The Bertz CT molecular complexity index is 176. The lowest BCUT2D eigenvalue weighted by Crippen LogP contribution is -2.34. The molecule has 1 nitrogen and oxygen atoms in total. The van der Waals surface area contributed by atoms with Gasteiger partial charge in [-0.15, -0.1) is 6.58 Å². The monoisotopic (exact) mass is 165 g/mol. The zero-order valence-corrected chi connectivity index (χ0v) is 7.92. The molecule has 68 valence electrons. The van der Waals surface area contributed by atoms with Crippen molar-refractivity contribution in [2.24, 2.45) is 17.8 Å². The Balaban J connectivity index is 2.00. The van der Waals surface area contributed by atoms with Crippen LogP contribution in [0.2, 0.25) is 0 Å². The van der Waals surface area contributed by atoms with Crippen LogP contribution in [0, 0.1) is 17.8 Å². The highest BCUT2D eigenvalue weighted by molar-refractivity contribution is 5.00. The summed E-state index contributed by atoms with van der Waals surface area (Å²) in [5.74, 6) is 2.95. The lowest BCUT2D eigenvalue weighted by Gasteiger charge is -2.27. The molecular weight excluding hydrogens is 146 g/mol. The molecule has 2 saturated carbocycles. The van der Waals surface area contributed by atoms with Crippen molar-refractivity contribution < 1.29 is 0 Å². The van der Waals surface area contributed by atoms with Crippen LogP contribution in [0.25, 0.3) is 0 Å². The molecule has 1 N–H and O–H groups in total. The van der Waals surface area contributed by atoms with Gasteiger partial charge in [-0.05, 0) is 44.1 Å². The Kier molecular flexibility index (Phi) is 2.22. The molecule has 2 rings (SSSR count). The molecule has 0 aromatic rings. The second-order valence-corrected chi connectivity index (χ2v) is 4.39. The van der Waals surface area contributed by atoms with Crippen molar-refractivity contribution in [3.63, 3.8) is 0 Å². The Labute approximate surface area is 75.2 Å². The second kappa shape index (κ2) is 3.21. The van der Waals surface area contributed by atoms with Crippen molar-refractivity contribution >= 4 is 0 Å². The summed E-state index contributed by atoms with van der Waals surface area (Å²) in [5.41, 5.74) is 0. The van der Waals surface area contributed by atoms with Crippen LogP contribution in [-0.4, -0.2) is 13.1 Å². The smallest absolute Gasteiger partial charge is 0.0275 e. The molecule has 4 unspecified atom stereocenters. The van der Waals surface area contributed by atoms with Gasteiger partial charge in [0.1, 0.15) is 0 Å². The summed E-state index contributed by atoms with van der Waals surface area (Å²) in [6, 6.07) is 0.570. The lowest BCUT2D eigenvalue weighted by molar-refractivity contribution is 0.287. The lowest BCUT2D eigenvalue weighted by atomic mass is 9.83. The van der Waals surface area contributed by atoms with Crippen LogP contribution in [0.1, 0.15) is 25.7 Å². The average molecular weight is 165 g/mol. The van der Waals surface area contributed by atoms with E-state index in [9.17, 15) is 0 Å². The van der Waals surface area contributed by atoms with E-state index >= 15 is 0 Å². The van der Waals surface area contributed by atoms with Crippen molar-refractivity contribution in [2.75, 3.05) is 7.05 Å². The SMILES string of the molecule is C=CC(NC)C1CC2CCC1C2. The fourth-order valence-corrected chi connectivity index (χ4v) is 3.24. The van der Waals surface area contributed by atoms with Crippen molar-refractivity contribution in [3.05, 3.63) is 12.7 Å². The van der Waals surface area contributed by atoms with E-state index < -0.39 is 0 Å². The summed E-state index contributed by atoms with van der Waals surface area (Å²) in [4.78, 5) is 0. The van der Waals surface area contributed by atoms with E-state index in [2.05, 4.69) is 25.0 Å². The van der Waals surface area contributed by atoms with Gasteiger partial charge in [0.15, 0.2) is 0 Å². The quantitative estimate of drug-likeness (QED) is 0.632. The molecule has 2 bridgehead atoms. The molecule has 0 amide bonds. The van der Waals surface area contributed by atoms with E-state index in [-0.39, 0.29) is 0 Å². The number of likely N-dealkylation sites (N-methyl/N-ethyl adjacent to an activating group) is 1. The number of nitrogens with one attached hydrogen (secondary N) is 1. The van der Waals surface area contributed by atoms with Crippen LogP contribution in [0.5, 0.6) is 0 Å². The van der Waals surface area contributed by atoms with Gasteiger partial charge in [0, 0.05) is 6.04 Å². The predicted molar refractivity (Wildman–Crippen MR) is 52.0 cm³/mol. The van der Waals surface area contributed by atoms with Crippen LogP contribution in [0.3, 0.4) is 0 Å². The normalized spacial score (nSPS) is 41.6. The molecule has 12 heavy (non-hydrogen) atoms. The van der Waals surface area contributed by atoms with E-state index in [1.54, 1.807) is 0 Å². The first kappa shape index (κ1) is 8.31. The molecule has 0 saturated heterocycles. The van der Waals surface area contributed by atoms with Crippen molar-refractivity contribution in [1.82, 2.24) is 5.32 Å². The van der Waals surface area contributed by atoms with Crippen molar-refractivity contribution in [3.8, 4) is 0 Å². The molecule has 0 heterocycles. The third-order valence-electron chi connectivity index (χ3n) is 3.84. The maximum absolute atomic E-state index is 3.90. The molecule has 4 atom stereocenters. The summed E-state index contributed by atoms with van der Waals surface area (Å²) >= 11 is 0. The molecule has 0 radical (unpaired) electrons. The van der Waals surface area contributed by atoms with E-state index in [1.807, 2.05) is 0 Å². The van der Waals surface area contributed by atoms with Gasteiger partial charge in [-0.3, -0.25) is 0 Å². The standard InChI is InChI=1S/C11H19N/c1-3-11(12-2)10-7-8-4-5-9(10)6-8/h3,8-12H,1,4-7H2,2H3. The van der Waals surface area contributed by atoms with Gasteiger partial charge in [-0.25, -0.2) is 0 Å². The summed E-state index contributed by atoms with van der Waals surface area (Å²) < 4.78 is 0. The van der Waals surface area contributed by atoms with Gasteiger partial charge in [-0.1, -0.05) is 12.5 Å². The average Bonchev–Trinajstić information content (AvgIpc) is 2.67. The number of fused-ring (bicyclic) bond motifs is 2. The molecular formula is C11H19N. The third kappa shape index (κ3) is 1.20. The van der Waals surface area contributed by atoms with E-state index in [4.69, 9.17) is 0 Å². The highest BCUT2D eigenvalue weighted by atomic mass is 14.9. The summed E-state index contributed by atoms with van der Waals surface area (Å²) in [6.45, 7) is 3.90. The topological polar surface area (TPSA) is 12.0 Å². The highest BCUT2D eigenvalue weighted by Crippen LogP contribution is 2.49. The minimum absolute atomic E-state index is 0.570. The summed E-state index contributed by atoms with van der Waals surface area (Å²) in [5, 5.41) is 3.36. The summed E-state index contributed by atoms with van der Waals surface area (Å²) in [7, 11) is 2.05. The Morgan fingerprint density at radius 1 is 1.42 bits per heavy atom. The molecule has 0 aliphatic heterocycles. The molecule has 2 aliphatic rings. The number of hydrogen-bond donors (Lipinski definition) is 1. The first-order valence-electron chi connectivity index (χ1n) is 5.15. The fourth-order valence-electron chi connectivity index (χ4n) is 3.24. The first-order valence-corrected chi connectivity index (χ1v) is 5.15. The minimum atomic E-state index is 0.570. The van der Waals surface area contributed by atoms with Crippen molar-refractivity contribution in [1.29, 1.82) is 0 Å². The van der Waals surface area contributed by atoms with Gasteiger partial charge in [0.05, 0.1) is 0 Å². The van der Waals surface area contributed by atoms with Crippen LogP contribution in [0.4, 0.5) is 0 Å². The second-order valence-electron chi connectivity index (χ2n) is 4.39. The number of hydrogen-bond acceptors (Lipinski definition) is 1. The van der Waals surface area contributed by atoms with Gasteiger partial charge in [0.25, 0.3) is 0 Å². The molecule has 2 aliphatic carbocycles. The molecule has 0 aromatic carbocycles. The fraction of sp³-hybridized carbons (Fsp3) is 0.818. The zero-order valence-electron chi connectivity index (χ0n) is 7.92. The number of rotatable bonds is 3. The molecule has 1 heteroatoms. The predicted octanol–water partition coefficient (Wildman–Crippen LogP) is 2.20. The minimum Gasteiger partial charge on any atom is -0.313 e. The van der Waals surface area contributed by atoms with E-state index in [0.717, 1.165) is 17.8 Å². The van der Waals surface area contributed by atoms with Gasteiger partial charge in [0.2, 0.25) is 0 Å². The third-order valence-corrected chi connectivity index (χ3v) is 3.84. The van der Waals surface area contributed by atoms with Gasteiger partial charge < -0.3 is 5.32 Å². The van der Waals surface area contributed by atoms with Crippen LogP contribution in [0.15, 0.2) is 12.7 Å². The van der Waals surface area contributed by atoms with Crippen LogP contribution in [-0.2, 0) is 0 Å². The Morgan fingerprint density at radius 2 is 2.25 bits per heavy atom. The molecule has 2 fully saturated rings. The van der Waals surface area contributed by atoms with E-state index in [1.165, 1.54) is 25.7 Å². The van der Waals surface area contributed by atoms with Crippen molar-refractivity contribution in [2.45, 2.75) is 31.7 Å². The molecule has 0 spiro atoms. The van der Waals surface area contributed by atoms with Crippen LogP contribution >= 0.6 is 0 Å². The van der Waals surface area contributed by atoms with Gasteiger partial charge in [-0.2, -0.15) is 0 Å². The Hall–Kier alpha value is -0.300. The zero-order chi connectivity index (χ0) is 8.55. The largest absolute Gasteiger partial charge is 0.313 e.